The molecule has 2 unspecified atom stereocenters. The molecule has 4 heteroatoms. The van der Waals surface area contributed by atoms with Gasteiger partial charge in [-0.15, -0.1) is 0 Å². The summed E-state index contributed by atoms with van der Waals surface area (Å²) >= 11 is -1.79. The highest BCUT2D eigenvalue weighted by molar-refractivity contribution is 7.79. The van der Waals surface area contributed by atoms with Crippen LogP contribution in [-0.2, 0) is 11.1 Å². The lowest BCUT2D eigenvalue weighted by Gasteiger charge is -2.14. The number of hydrogen-bond acceptors (Lipinski definition) is 2. The van der Waals surface area contributed by atoms with E-state index in [1.807, 2.05) is 13.8 Å². The van der Waals surface area contributed by atoms with Gasteiger partial charge in [0.15, 0.2) is 11.1 Å². The summed E-state index contributed by atoms with van der Waals surface area (Å²) in [5.74, 6) is 0.151. The third-order valence-corrected chi connectivity index (χ3v) is 2.71. The summed E-state index contributed by atoms with van der Waals surface area (Å²) < 4.78 is 19.2. The SMILES string of the molecule is CC(C)C(CCO)S(=O)O. The highest BCUT2D eigenvalue weighted by atomic mass is 32.2. The van der Waals surface area contributed by atoms with Crippen molar-refractivity contribution in [1.82, 2.24) is 0 Å². The molecule has 0 aromatic rings. The molecule has 0 fully saturated rings. The summed E-state index contributed by atoms with van der Waals surface area (Å²) in [5.41, 5.74) is 0. The van der Waals surface area contributed by atoms with Gasteiger partial charge in [0.25, 0.3) is 0 Å². The molecule has 0 bridgehead atoms. The van der Waals surface area contributed by atoms with Gasteiger partial charge < -0.3 is 9.66 Å². The summed E-state index contributed by atoms with van der Waals surface area (Å²) in [5, 5.41) is 8.20. The maximum absolute atomic E-state index is 10.5. The molecule has 0 aromatic carbocycles. The first kappa shape index (κ1) is 10.1. The van der Waals surface area contributed by atoms with Crippen LogP contribution in [0.5, 0.6) is 0 Å². The molecule has 0 radical (unpaired) electrons. The molecule has 2 N–H and O–H groups in total. The van der Waals surface area contributed by atoms with Crippen LogP contribution >= 0.6 is 0 Å². The van der Waals surface area contributed by atoms with Gasteiger partial charge in [0.2, 0.25) is 0 Å². The monoisotopic (exact) mass is 166 g/mol. The summed E-state index contributed by atoms with van der Waals surface area (Å²) in [4.78, 5) is 0. The Morgan fingerprint density at radius 2 is 2.00 bits per heavy atom. The molecule has 0 spiro atoms. The Morgan fingerprint density at radius 3 is 2.10 bits per heavy atom. The van der Waals surface area contributed by atoms with Gasteiger partial charge in [-0.2, -0.15) is 0 Å². The van der Waals surface area contributed by atoms with Crippen molar-refractivity contribution in [2.75, 3.05) is 6.61 Å². The molecule has 0 saturated carbocycles. The van der Waals surface area contributed by atoms with E-state index in [1.54, 1.807) is 0 Å². The molecule has 0 aliphatic heterocycles. The molecule has 10 heavy (non-hydrogen) atoms. The zero-order valence-corrected chi connectivity index (χ0v) is 7.10. The lowest BCUT2D eigenvalue weighted by molar-refractivity contribution is 0.276. The lowest BCUT2D eigenvalue weighted by atomic mass is 10.1. The van der Waals surface area contributed by atoms with E-state index in [9.17, 15) is 4.21 Å². The van der Waals surface area contributed by atoms with Gasteiger partial charge in [0.1, 0.15) is 0 Å². The van der Waals surface area contributed by atoms with Crippen molar-refractivity contribution in [3.8, 4) is 0 Å². The van der Waals surface area contributed by atoms with Crippen molar-refractivity contribution in [3.63, 3.8) is 0 Å². The van der Waals surface area contributed by atoms with Crippen molar-refractivity contribution < 1.29 is 13.9 Å². The first-order valence-corrected chi connectivity index (χ1v) is 4.47. The van der Waals surface area contributed by atoms with Gasteiger partial charge in [0.05, 0.1) is 5.25 Å². The third-order valence-electron chi connectivity index (χ3n) is 1.42. The second kappa shape index (κ2) is 4.82. The summed E-state index contributed by atoms with van der Waals surface area (Å²) in [7, 11) is 0. The molecule has 0 heterocycles. The fourth-order valence-corrected chi connectivity index (χ4v) is 1.57. The minimum Gasteiger partial charge on any atom is -0.396 e. The van der Waals surface area contributed by atoms with Gasteiger partial charge in [-0.05, 0) is 12.3 Å². The van der Waals surface area contributed by atoms with Crippen molar-refractivity contribution in [3.05, 3.63) is 0 Å². The number of aliphatic hydroxyl groups excluding tert-OH is 1. The second-order valence-electron chi connectivity index (χ2n) is 2.57. The molecule has 0 amide bonds. The first-order chi connectivity index (χ1) is 4.59. The minimum absolute atomic E-state index is 0.0187. The Bertz CT molecular complexity index is 114. The van der Waals surface area contributed by atoms with Gasteiger partial charge in [-0.1, -0.05) is 13.8 Å². The zero-order valence-electron chi connectivity index (χ0n) is 6.28. The Labute approximate surface area is 63.7 Å². The van der Waals surface area contributed by atoms with E-state index in [4.69, 9.17) is 9.66 Å². The van der Waals surface area contributed by atoms with E-state index >= 15 is 0 Å². The fraction of sp³-hybridized carbons (Fsp3) is 1.00. The molecule has 2 atom stereocenters. The van der Waals surface area contributed by atoms with Gasteiger partial charge in [0, 0.05) is 6.61 Å². The Balaban J connectivity index is 3.85. The van der Waals surface area contributed by atoms with Crippen molar-refractivity contribution >= 4 is 11.1 Å². The average molecular weight is 166 g/mol. The van der Waals surface area contributed by atoms with Crippen LogP contribution in [0.15, 0.2) is 0 Å². The van der Waals surface area contributed by atoms with Gasteiger partial charge in [-0.25, -0.2) is 4.21 Å². The Hall–Kier alpha value is 0.0700. The Kier molecular flexibility index (Phi) is 4.85. The molecule has 3 nitrogen and oxygen atoms in total. The maximum atomic E-state index is 10.5. The van der Waals surface area contributed by atoms with Crippen LogP contribution in [0.1, 0.15) is 20.3 Å². The van der Waals surface area contributed by atoms with Gasteiger partial charge in [-0.3, -0.25) is 0 Å². The molecular formula is C6H14O3S. The smallest absolute Gasteiger partial charge is 0.156 e. The van der Waals surface area contributed by atoms with Crippen LogP contribution in [0, 0.1) is 5.92 Å². The van der Waals surface area contributed by atoms with Crippen LogP contribution in [-0.4, -0.2) is 25.7 Å². The topological polar surface area (TPSA) is 57.5 Å². The summed E-state index contributed by atoms with van der Waals surface area (Å²) in [6.07, 6.45) is 0.404. The predicted molar refractivity (Wildman–Crippen MR) is 41.1 cm³/mol. The molecule has 62 valence electrons. The predicted octanol–water partition coefficient (Wildman–Crippen LogP) is 0.615. The van der Waals surface area contributed by atoms with Crippen molar-refractivity contribution in [2.24, 2.45) is 5.92 Å². The van der Waals surface area contributed by atoms with E-state index in [0.717, 1.165) is 0 Å². The standard InChI is InChI=1S/C6H14O3S/c1-5(2)6(3-4-7)10(8)9/h5-7H,3-4H2,1-2H3,(H,8,9). The molecular weight excluding hydrogens is 152 g/mol. The quantitative estimate of drug-likeness (QED) is 0.602. The normalized spacial score (nSPS) is 17.3. The van der Waals surface area contributed by atoms with Crippen LogP contribution < -0.4 is 0 Å². The third kappa shape index (κ3) is 3.29. The summed E-state index contributed by atoms with van der Waals surface area (Å²) in [6, 6.07) is 0. The number of rotatable bonds is 4. The van der Waals surface area contributed by atoms with Crippen LogP contribution in [0.4, 0.5) is 0 Å². The van der Waals surface area contributed by atoms with E-state index < -0.39 is 11.1 Å². The highest BCUT2D eigenvalue weighted by Gasteiger charge is 2.17. The van der Waals surface area contributed by atoms with Crippen LogP contribution in [0.25, 0.3) is 0 Å². The zero-order chi connectivity index (χ0) is 8.15. The van der Waals surface area contributed by atoms with E-state index in [0.29, 0.717) is 6.42 Å². The van der Waals surface area contributed by atoms with Gasteiger partial charge >= 0.3 is 0 Å². The minimum atomic E-state index is -1.79. The number of aliphatic hydroxyl groups is 1. The van der Waals surface area contributed by atoms with E-state index in [2.05, 4.69) is 0 Å². The molecule has 0 aliphatic carbocycles. The summed E-state index contributed by atoms with van der Waals surface area (Å²) in [6.45, 7) is 3.72. The highest BCUT2D eigenvalue weighted by Crippen LogP contribution is 2.10. The molecule has 0 rings (SSSR count). The second-order valence-corrected chi connectivity index (χ2v) is 3.73. The first-order valence-electron chi connectivity index (χ1n) is 3.30. The molecule has 0 saturated heterocycles. The fourth-order valence-electron chi connectivity index (χ4n) is 0.794. The maximum Gasteiger partial charge on any atom is 0.156 e. The lowest BCUT2D eigenvalue weighted by Crippen LogP contribution is -2.22. The van der Waals surface area contributed by atoms with Crippen molar-refractivity contribution in [1.29, 1.82) is 0 Å². The van der Waals surface area contributed by atoms with E-state index in [1.165, 1.54) is 0 Å². The Morgan fingerprint density at radius 1 is 1.50 bits per heavy atom. The van der Waals surface area contributed by atoms with Crippen molar-refractivity contribution in [2.45, 2.75) is 25.5 Å². The molecule has 0 aromatic heterocycles. The van der Waals surface area contributed by atoms with Crippen LogP contribution in [0.2, 0.25) is 0 Å². The van der Waals surface area contributed by atoms with E-state index in [-0.39, 0.29) is 17.8 Å². The molecule has 0 aliphatic rings. The largest absolute Gasteiger partial charge is 0.396 e. The average Bonchev–Trinajstić information content (AvgIpc) is 1.81. The number of hydrogen-bond donors (Lipinski definition) is 2. The van der Waals surface area contributed by atoms with Crippen LogP contribution in [0.3, 0.4) is 0 Å².